The lowest BCUT2D eigenvalue weighted by atomic mass is 10.0. The van der Waals surface area contributed by atoms with Crippen LogP contribution in [0.4, 0.5) is 0 Å². The highest BCUT2D eigenvalue weighted by Crippen LogP contribution is 2.32. The Morgan fingerprint density at radius 3 is 2.86 bits per heavy atom. The molecule has 5 heteroatoms. The topological polar surface area (TPSA) is 70.3 Å². The summed E-state index contributed by atoms with van der Waals surface area (Å²) in [6, 6.07) is 5.44. The second-order valence-corrected chi connectivity index (χ2v) is 5.35. The fourth-order valence-electron chi connectivity index (χ4n) is 2.09. The molecule has 0 bridgehead atoms. The van der Waals surface area contributed by atoms with Gasteiger partial charge in [-0.25, -0.2) is 0 Å². The Bertz CT molecular complexity index is 578. The Kier molecular flexibility index (Phi) is 7.55. The molecule has 1 atom stereocenters. The highest BCUT2D eigenvalue weighted by Gasteiger charge is 2.15. The van der Waals surface area contributed by atoms with Gasteiger partial charge in [0.2, 0.25) is 0 Å². The number of carbonyl (C=O) groups is 1. The van der Waals surface area contributed by atoms with Crippen LogP contribution in [0.2, 0.25) is 0 Å². The van der Waals surface area contributed by atoms with E-state index in [2.05, 4.69) is 25.3 Å². The number of carbonyl (C=O) groups excluding carboxylic acids is 1. The van der Waals surface area contributed by atoms with E-state index in [1.165, 1.54) is 6.92 Å². The Morgan fingerprint density at radius 1 is 1.59 bits per heavy atom. The van der Waals surface area contributed by atoms with Gasteiger partial charge in [-0.15, -0.1) is 6.58 Å². The maximum absolute atomic E-state index is 11.5. The molecule has 0 aliphatic rings. The largest absolute Gasteiger partial charge is 0.507 e. The summed E-state index contributed by atoms with van der Waals surface area (Å²) in [5.74, 6) is 0.761. The summed E-state index contributed by atoms with van der Waals surface area (Å²) in [4.78, 5) is 11.5. The van der Waals surface area contributed by atoms with Crippen molar-refractivity contribution in [1.29, 1.82) is 5.26 Å². The zero-order valence-corrected chi connectivity index (χ0v) is 13.6. The van der Waals surface area contributed by atoms with Crippen molar-refractivity contribution in [2.45, 2.75) is 26.2 Å². The predicted molar refractivity (Wildman–Crippen MR) is 89.7 cm³/mol. The normalized spacial score (nSPS) is 11.5. The van der Waals surface area contributed by atoms with Crippen LogP contribution in [0, 0.1) is 17.2 Å². The van der Waals surface area contributed by atoms with Crippen molar-refractivity contribution in [3.8, 4) is 17.6 Å². The molecule has 22 heavy (non-hydrogen) atoms. The third kappa shape index (κ3) is 4.81. The van der Waals surface area contributed by atoms with Crippen LogP contribution in [-0.4, -0.2) is 23.2 Å². The summed E-state index contributed by atoms with van der Waals surface area (Å²) in [6.07, 6.45) is 3.51. The van der Waals surface area contributed by atoms with E-state index in [1.807, 2.05) is 0 Å². The van der Waals surface area contributed by atoms with E-state index in [-0.39, 0.29) is 23.0 Å². The van der Waals surface area contributed by atoms with Gasteiger partial charge in [0.05, 0.1) is 24.2 Å². The number of benzene rings is 1. The van der Waals surface area contributed by atoms with Crippen molar-refractivity contribution in [3.05, 3.63) is 35.9 Å². The predicted octanol–water partition coefficient (Wildman–Crippen LogP) is 3.55. The highest BCUT2D eigenvalue weighted by molar-refractivity contribution is 7.80. The van der Waals surface area contributed by atoms with E-state index in [4.69, 9.17) is 10.00 Å². The first kappa shape index (κ1) is 18.1. The highest BCUT2D eigenvalue weighted by atomic mass is 32.1. The molecule has 118 valence electrons. The molecule has 1 aromatic carbocycles. The van der Waals surface area contributed by atoms with Crippen LogP contribution in [0.25, 0.3) is 0 Å². The van der Waals surface area contributed by atoms with Crippen molar-refractivity contribution < 1.29 is 14.6 Å². The molecular weight excluding hydrogens is 298 g/mol. The van der Waals surface area contributed by atoms with Crippen LogP contribution >= 0.6 is 12.6 Å². The number of thiol groups is 1. The standard InChI is InChI=1S/C17H21NO3S/c1-3-5-15-16(8-7-14(12(2)19)17(15)20)21-9-4-6-13(10-18)11-22/h3,7-8,13,20,22H,1,4-6,9,11H2,2H3/t13-/m0/s1. The zero-order chi connectivity index (χ0) is 16.5. The Balaban J connectivity index is 2.78. The number of ketones is 1. The average molecular weight is 319 g/mol. The molecule has 0 fully saturated rings. The molecule has 0 aliphatic carbocycles. The molecule has 0 aliphatic heterocycles. The fraction of sp³-hybridized carbons (Fsp3) is 0.412. The minimum Gasteiger partial charge on any atom is -0.507 e. The zero-order valence-electron chi connectivity index (χ0n) is 12.7. The number of aromatic hydroxyl groups is 1. The van der Waals surface area contributed by atoms with Crippen LogP contribution in [0.1, 0.15) is 35.7 Å². The lowest BCUT2D eigenvalue weighted by molar-refractivity contribution is 0.101. The second kappa shape index (κ2) is 9.16. The van der Waals surface area contributed by atoms with Crippen LogP contribution in [-0.2, 0) is 6.42 Å². The number of nitrogens with zero attached hydrogens (tertiary/aromatic N) is 1. The SMILES string of the molecule is C=CCc1c(OCCC[C@@H](C#N)CS)ccc(C(C)=O)c1O. The molecule has 0 heterocycles. The van der Waals surface area contributed by atoms with E-state index in [9.17, 15) is 9.90 Å². The lowest BCUT2D eigenvalue weighted by Gasteiger charge is -2.14. The van der Waals surface area contributed by atoms with Crippen molar-refractivity contribution in [2.24, 2.45) is 5.92 Å². The first-order valence-electron chi connectivity index (χ1n) is 7.15. The van der Waals surface area contributed by atoms with E-state index in [1.54, 1.807) is 18.2 Å². The summed E-state index contributed by atoms with van der Waals surface area (Å²) < 4.78 is 5.69. The molecule has 0 amide bonds. The number of ether oxygens (including phenoxy) is 1. The number of phenolic OH excluding ortho intramolecular Hbond substituents is 1. The van der Waals surface area contributed by atoms with Crippen LogP contribution in [0.3, 0.4) is 0 Å². The molecule has 1 aromatic rings. The molecule has 0 aromatic heterocycles. The number of nitriles is 1. The maximum atomic E-state index is 11.5. The Labute approximate surface area is 136 Å². The minimum absolute atomic E-state index is 0.0461. The minimum atomic E-state index is -0.194. The van der Waals surface area contributed by atoms with Crippen molar-refractivity contribution in [1.82, 2.24) is 0 Å². The molecule has 0 saturated carbocycles. The Morgan fingerprint density at radius 2 is 2.32 bits per heavy atom. The first-order valence-corrected chi connectivity index (χ1v) is 7.78. The third-order valence-electron chi connectivity index (χ3n) is 3.32. The van der Waals surface area contributed by atoms with Crippen molar-refractivity contribution in [2.75, 3.05) is 12.4 Å². The molecule has 0 spiro atoms. The summed E-state index contributed by atoms with van der Waals surface area (Å²) in [7, 11) is 0. The fourth-order valence-corrected chi connectivity index (χ4v) is 2.35. The van der Waals surface area contributed by atoms with E-state index in [0.29, 0.717) is 36.5 Å². The van der Waals surface area contributed by atoms with E-state index >= 15 is 0 Å². The van der Waals surface area contributed by atoms with Gasteiger partial charge in [0.15, 0.2) is 5.78 Å². The molecule has 0 unspecified atom stereocenters. The quantitative estimate of drug-likeness (QED) is 0.316. The van der Waals surface area contributed by atoms with Gasteiger partial charge in [-0.05, 0) is 38.3 Å². The van der Waals surface area contributed by atoms with Gasteiger partial charge in [0.1, 0.15) is 11.5 Å². The number of phenols is 1. The summed E-state index contributed by atoms with van der Waals surface area (Å²) >= 11 is 4.12. The van der Waals surface area contributed by atoms with E-state index in [0.717, 1.165) is 6.42 Å². The first-order chi connectivity index (χ1) is 10.5. The molecule has 1 rings (SSSR count). The van der Waals surface area contributed by atoms with Gasteiger partial charge in [-0.1, -0.05) is 6.08 Å². The van der Waals surface area contributed by atoms with Crippen LogP contribution < -0.4 is 4.74 Å². The summed E-state index contributed by atoms with van der Waals surface area (Å²) in [5, 5.41) is 19.0. The number of rotatable bonds is 9. The average Bonchev–Trinajstić information content (AvgIpc) is 2.50. The monoisotopic (exact) mass is 319 g/mol. The van der Waals surface area contributed by atoms with Crippen LogP contribution in [0.5, 0.6) is 11.5 Å². The van der Waals surface area contributed by atoms with Gasteiger partial charge in [-0.3, -0.25) is 4.79 Å². The molecule has 0 radical (unpaired) electrons. The van der Waals surface area contributed by atoms with Crippen molar-refractivity contribution >= 4 is 18.4 Å². The number of hydrogen-bond donors (Lipinski definition) is 2. The number of Topliss-reactive ketones (excluding diaryl/α,β-unsaturated/α-hetero) is 1. The Hall–Kier alpha value is -1.93. The lowest BCUT2D eigenvalue weighted by Crippen LogP contribution is -2.06. The maximum Gasteiger partial charge on any atom is 0.163 e. The molecule has 4 nitrogen and oxygen atoms in total. The third-order valence-corrected chi connectivity index (χ3v) is 3.77. The van der Waals surface area contributed by atoms with Gasteiger partial charge in [-0.2, -0.15) is 17.9 Å². The summed E-state index contributed by atoms with van der Waals surface area (Å²) in [5.41, 5.74) is 0.845. The van der Waals surface area contributed by atoms with Gasteiger partial charge >= 0.3 is 0 Å². The van der Waals surface area contributed by atoms with Crippen LogP contribution in [0.15, 0.2) is 24.8 Å². The molecule has 0 saturated heterocycles. The number of allylic oxidation sites excluding steroid dienone is 1. The molecular formula is C17H21NO3S. The number of hydrogen-bond acceptors (Lipinski definition) is 5. The molecule has 1 N–H and O–H groups in total. The second-order valence-electron chi connectivity index (χ2n) is 4.99. The smallest absolute Gasteiger partial charge is 0.163 e. The summed E-state index contributed by atoms with van der Waals surface area (Å²) in [6.45, 7) is 5.51. The van der Waals surface area contributed by atoms with Gasteiger partial charge < -0.3 is 9.84 Å². The van der Waals surface area contributed by atoms with E-state index < -0.39 is 0 Å². The van der Waals surface area contributed by atoms with Gasteiger partial charge in [0.25, 0.3) is 0 Å². The van der Waals surface area contributed by atoms with Gasteiger partial charge in [0, 0.05) is 11.3 Å². The van der Waals surface area contributed by atoms with Crippen molar-refractivity contribution in [3.63, 3.8) is 0 Å².